The van der Waals surface area contributed by atoms with Crippen molar-refractivity contribution >= 4 is 11.6 Å². The van der Waals surface area contributed by atoms with Crippen LogP contribution in [-0.4, -0.2) is 11.1 Å². The Labute approximate surface area is 118 Å². The molecule has 1 heterocycles. The van der Waals surface area contributed by atoms with Crippen molar-refractivity contribution in [1.29, 1.82) is 0 Å². The van der Waals surface area contributed by atoms with Gasteiger partial charge in [0.2, 0.25) is 0 Å². The fourth-order valence-corrected chi connectivity index (χ4v) is 1.92. The van der Waals surface area contributed by atoms with Crippen LogP contribution in [0.15, 0.2) is 28.8 Å². The summed E-state index contributed by atoms with van der Waals surface area (Å²) >= 11 is 0. The van der Waals surface area contributed by atoms with Crippen molar-refractivity contribution in [2.24, 2.45) is 0 Å². The number of aryl methyl sites for hydroxylation is 2. The Morgan fingerprint density at radius 3 is 2.71 bits per heavy atom. The zero-order chi connectivity index (χ0) is 15.6. The number of nitrogens with zero attached hydrogens (tertiary/aromatic N) is 1. The van der Waals surface area contributed by atoms with Crippen molar-refractivity contribution in [2.75, 3.05) is 5.32 Å². The molecule has 0 atom stereocenters. The number of carbonyl (C=O) groups excluding carboxylic acids is 1. The fourth-order valence-electron chi connectivity index (χ4n) is 1.92. The molecule has 1 amide bonds. The third kappa shape index (κ3) is 3.24. The minimum atomic E-state index is -4.46. The van der Waals surface area contributed by atoms with Crippen LogP contribution in [0.3, 0.4) is 0 Å². The first-order chi connectivity index (χ1) is 9.82. The summed E-state index contributed by atoms with van der Waals surface area (Å²) in [6.45, 7) is 3.38. The number of rotatable bonds is 3. The van der Waals surface area contributed by atoms with Crippen LogP contribution in [0.2, 0.25) is 0 Å². The Hall–Kier alpha value is -2.31. The number of aromatic nitrogens is 1. The average Bonchev–Trinajstić information content (AvgIpc) is 2.79. The molecule has 0 spiro atoms. The molecule has 0 radical (unpaired) electrons. The molecule has 2 rings (SSSR count). The first kappa shape index (κ1) is 15.1. The number of hydrogen-bond acceptors (Lipinski definition) is 3. The van der Waals surface area contributed by atoms with Crippen molar-refractivity contribution in [3.63, 3.8) is 0 Å². The predicted octanol–water partition coefficient (Wildman–Crippen LogP) is 3.82. The lowest BCUT2D eigenvalue weighted by Crippen LogP contribution is -2.15. The van der Waals surface area contributed by atoms with Gasteiger partial charge in [-0.25, -0.2) is 0 Å². The summed E-state index contributed by atoms with van der Waals surface area (Å²) in [6.07, 6.45) is -3.97. The van der Waals surface area contributed by atoms with E-state index in [0.717, 1.165) is 12.1 Å². The molecule has 0 aliphatic heterocycles. The molecule has 0 aliphatic carbocycles. The van der Waals surface area contributed by atoms with Crippen molar-refractivity contribution < 1.29 is 22.5 Å². The van der Waals surface area contributed by atoms with E-state index in [2.05, 4.69) is 10.5 Å². The van der Waals surface area contributed by atoms with E-state index in [0.29, 0.717) is 17.9 Å². The number of benzene rings is 1. The molecule has 0 fully saturated rings. The van der Waals surface area contributed by atoms with Crippen LogP contribution in [0, 0.1) is 6.92 Å². The van der Waals surface area contributed by atoms with E-state index in [-0.39, 0.29) is 11.3 Å². The second-order valence-corrected chi connectivity index (χ2v) is 4.45. The zero-order valence-corrected chi connectivity index (χ0v) is 11.4. The molecule has 0 bridgehead atoms. The summed E-state index contributed by atoms with van der Waals surface area (Å²) in [5.41, 5.74) is -0.0255. The minimum Gasteiger partial charge on any atom is -0.361 e. The maximum atomic E-state index is 12.6. The number of halogens is 3. The van der Waals surface area contributed by atoms with E-state index in [4.69, 9.17) is 4.52 Å². The van der Waals surface area contributed by atoms with Gasteiger partial charge < -0.3 is 9.84 Å². The van der Waals surface area contributed by atoms with Gasteiger partial charge in [0.1, 0.15) is 11.3 Å². The van der Waals surface area contributed by atoms with Gasteiger partial charge in [-0.2, -0.15) is 13.2 Å². The number of anilines is 1. The van der Waals surface area contributed by atoms with Gasteiger partial charge in [-0.15, -0.1) is 0 Å². The van der Waals surface area contributed by atoms with Crippen LogP contribution in [0.4, 0.5) is 18.9 Å². The standard InChI is InChI=1S/C14H13F3N2O2/c1-3-11-12(8(2)21-19-11)13(20)18-10-6-4-5-9(7-10)14(15,16)17/h4-7H,3H2,1-2H3,(H,18,20). The highest BCUT2D eigenvalue weighted by molar-refractivity contribution is 6.05. The molecule has 0 aliphatic rings. The topological polar surface area (TPSA) is 55.1 Å². The van der Waals surface area contributed by atoms with Gasteiger partial charge in [0.25, 0.3) is 5.91 Å². The predicted molar refractivity (Wildman–Crippen MR) is 70.0 cm³/mol. The number of hydrogen-bond donors (Lipinski definition) is 1. The summed E-state index contributed by atoms with van der Waals surface area (Å²) in [4.78, 5) is 12.1. The van der Waals surface area contributed by atoms with Crippen molar-refractivity contribution in [2.45, 2.75) is 26.4 Å². The molecule has 4 nitrogen and oxygen atoms in total. The number of nitrogens with one attached hydrogen (secondary N) is 1. The molecule has 0 saturated carbocycles. The van der Waals surface area contributed by atoms with Crippen molar-refractivity contribution in [3.05, 3.63) is 46.8 Å². The summed E-state index contributed by atoms with van der Waals surface area (Å²) in [6, 6.07) is 4.45. The molecule has 0 unspecified atom stereocenters. The van der Waals surface area contributed by atoms with Crippen LogP contribution < -0.4 is 5.32 Å². The van der Waals surface area contributed by atoms with Gasteiger partial charge in [0, 0.05) is 5.69 Å². The molecule has 1 N–H and O–H groups in total. The van der Waals surface area contributed by atoms with Crippen LogP contribution in [0.25, 0.3) is 0 Å². The van der Waals surface area contributed by atoms with E-state index in [1.165, 1.54) is 12.1 Å². The van der Waals surface area contributed by atoms with E-state index >= 15 is 0 Å². The lowest BCUT2D eigenvalue weighted by atomic mass is 10.1. The van der Waals surface area contributed by atoms with Gasteiger partial charge in [-0.1, -0.05) is 18.1 Å². The highest BCUT2D eigenvalue weighted by Crippen LogP contribution is 2.30. The Kier molecular flexibility index (Phi) is 4.02. The van der Waals surface area contributed by atoms with E-state index in [9.17, 15) is 18.0 Å². The molecule has 21 heavy (non-hydrogen) atoms. The van der Waals surface area contributed by atoms with Gasteiger partial charge in [0.05, 0.1) is 11.3 Å². The highest BCUT2D eigenvalue weighted by atomic mass is 19.4. The highest BCUT2D eigenvalue weighted by Gasteiger charge is 2.30. The van der Waals surface area contributed by atoms with Crippen LogP contribution in [-0.2, 0) is 12.6 Å². The van der Waals surface area contributed by atoms with Gasteiger partial charge in [-0.3, -0.25) is 4.79 Å². The minimum absolute atomic E-state index is 0.0671. The monoisotopic (exact) mass is 298 g/mol. The number of carbonyl (C=O) groups is 1. The summed E-state index contributed by atoms with van der Waals surface area (Å²) in [5, 5.41) is 6.17. The van der Waals surface area contributed by atoms with Crippen LogP contribution >= 0.6 is 0 Å². The maximum Gasteiger partial charge on any atom is 0.416 e. The van der Waals surface area contributed by atoms with Crippen molar-refractivity contribution in [1.82, 2.24) is 5.16 Å². The Morgan fingerprint density at radius 2 is 2.10 bits per heavy atom. The lowest BCUT2D eigenvalue weighted by Gasteiger charge is -2.09. The van der Waals surface area contributed by atoms with E-state index < -0.39 is 17.6 Å². The molecule has 2 aromatic rings. The second kappa shape index (κ2) is 5.59. The van der Waals surface area contributed by atoms with Gasteiger partial charge >= 0.3 is 6.18 Å². The summed E-state index contributed by atoms with van der Waals surface area (Å²) < 4.78 is 42.8. The Bertz CT molecular complexity index is 662. The van der Waals surface area contributed by atoms with Crippen LogP contribution in [0.1, 0.15) is 34.3 Å². The largest absolute Gasteiger partial charge is 0.416 e. The molecular formula is C14H13F3N2O2. The number of alkyl halides is 3. The third-order valence-corrected chi connectivity index (χ3v) is 2.94. The molecule has 7 heteroatoms. The first-order valence-electron chi connectivity index (χ1n) is 6.26. The van der Waals surface area contributed by atoms with Crippen LogP contribution in [0.5, 0.6) is 0 Å². The fraction of sp³-hybridized carbons (Fsp3) is 0.286. The average molecular weight is 298 g/mol. The molecular weight excluding hydrogens is 285 g/mol. The quantitative estimate of drug-likeness (QED) is 0.937. The smallest absolute Gasteiger partial charge is 0.361 e. The van der Waals surface area contributed by atoms with E-state index in [1.54, 1.807) is 13.8 Å². The maximum absolute atomic E-state index is 12.6. The molecule has 0 saturated heterocycles. The van der Waals surface area contributed by atoms with Gasteiger partial charge in [0.15, 0.2) is 0 Å². The Morgan fingerprint density at radius 1 is 1.38 bits per heavy atom. The SMILES string of the molecule is CCc1noc(C)c1C(=O)Nc1cccc(C(F)(F)F)c1. The normalized spacial score (nSPS) is 11.5. The number of amides is 1. The molecule has 112 valence electrons. The van der Waals surface area contributed by atoms with E-state index in [1.807, 2.05) is 0 Å². The zero-order valence-electron chi connectivity index (χ0n) is 11.4. The van der Waals surface area contributed by atoms with Crippen molar-refractivity contribution in [3.8, 4) is 0 Å². The second-order valence-electron chi connectivity index (χ2n) is 4.45. The summed E-state index contributed by atoms with van der Waals surface area (Å²) in [5.74, 6) is -0.207. The molecule has 1 aromatic carbocycles. The molecule has 1 aromatic heterocycles. The third-order valence-electron chi connectivity index (χ3n) is 2.94. The first-order valence-corrected chi connectivity index (χ1v) is 6.26. The van der Waals surface area contributed by atoms with Gasteiger partial charge in [-0.05, 0) is 31.5 Å². The summed E-state index contributed by atoms with van der Waals surface area (Å²) in [7, 11) is 0. The Balaban J connectivity index is 2.26. The lowest BCUT2D eigenvalue weighted by molar-refractivity contribution is -0.137.